The molecular formula is C34H44N6O9. The van der Waals surface area contributed by atoms with Gasteiger partial charge < -0.3 is 39.9 Å². The van der Waals surface area contributed by atoms with E-state index in [-0.39, 0.29) is 62.1 Å². The summed E-state index contributed by atoms with van der Waals surface area (Å²) in [6, 6.07) is 4.88. The zero-order valence-electron chi connectivity index (χ0n) is 28.1. The van der Waals surface area contributed by atoms with Crippen molar-refractivity contribution < 1.29 is 43.3 Å². The molecule has 0 bridgehead atoms. The van der Waals surface area contributed by atoms with Gasteiger partial charge in [-0.05, 0) is 57.7 Å². The lowest BCUT2D eigenvalue weighted by atomic mass is 10.0. The monoisotopic (exact) mass is 680 g/mol. The van der Waals surface area contributed by atoms with Gasteiger partial charge in [-0.25, -0.2) is 9.78 Å². The number of carboxylic acids is 1. The highest BCUT2D eigenvalue weighted by Gasteiger charge is 2.41. The Balaban J connectivity index is 1.30. The Morgan fingerprint density at radius 1 is 0.959 bits per heavy atom. The number of hydrogen-bond donors (Lipinski definition) is 3. The van der Waals surface area contributed by atoms with Crippen LogP contribution in [0.2, 0.25) is 0 Å². The fourth-order valence-corrected chi connectivity index (χ4v) is 6.44. The highest BCUT2D eigenvalue weighted by Crippen LogP contribution is 2.29. The molecule has 1 saturated carbocycles. The third-order valence-corrected chi connectivity index (χ3v) is 9.22. The fourth-order valence-electron chi connectivity index (χ4n) is 6.44. The first-order valence-corrected chi connectivity index (χ1v) is 16.9. The number of benzene rings is 1. The van der Waals surface area contributed by atoms with Gasteiger partial charge in [-0.3, -0.25) is 24.0 Å². The molecule has 2 aromatic rings. The minimum Gasteiger partial charge on any atom is -0.481 e. The number of carbonyl (C=O) groups excluding carboxylic acids is 5. The maximum atomic E-state index is 13.6. The predicted molar refractivity (Wildman–Crippen MR) is 176 cm³/mol. The van der Waals surface area contributed by atoms with Crippen molar-refractivity contribution in [3.8, 4) is 5.75 Å². The molecule has 0 radical (unpaired) electrons. The largest absolute Gasteiger partial charge is 0.481 e. The van der Waals surface area contributed by atoms with Gasteiger partial charge >= 0.3 is 12.1 Å². The zero-order valence-corrected chi connectivity index (χ0v) is 28.1. The Bertz CT molecular complexity index is 1600. The number of piperazine rings is 1. The first-order valence-electron chi connectivity index (χ1n) is 16.9. The molecule has 2 aliphatic heterocycles. The van der Waals surface area contributed by atoms with Crippen molar-refractivity contribution >= 4 is 46.6 Å². The van der Waals surface area contributed by atoms with E-state index in [4.69, 9.17) is 9.47 Å². The van der Waals surface area contributed by atoms with Crippen LogP contribution in [0.25, 0.3) is 10.9 Å². The number of nitrogens with zero attached hydrogens (tertiary/aromatic N) is 4. The standard InChI is InChI=1S/C34H44N6O9/c1-4-48-34(47)39-15-13-38(14-16-39)33(46)26(19-29(41)42)37-30(43)25-18-28(23-10-9-20(2)17-24(23)36-25)49-21(3)32(45)40-12-11-27(40)31(44)35-22-7-5-6-8-22/h9-10,17-18,21-22,26-27H,4-8,11-16,19H2,1-3H3,(H,35,44)(H,37,43)(H,41,42)/t21-,26?,27?/m0/s1. The zero-order chi connectivity index (χ0) is 35.2. The number of hydrogen-bond acceptors (Lipinski definition) is 9. The summed E-state index contributed by atoms with van der Waals surface area (Å²) in [7, 11) is 0. The quantitative estimate of drug-likeness (QED) is 0.316. The van der Waals surface area contributed by atoms with E-state index >= 15 is 0 Å². The van der Waals surface area contributed by atoms with Crippen LogP contribution < -0.4 is 15.4 Å². The number of fused-ring (bicyclic) bond motifs is 1. The summed E-state index contributed by atoms with van der Waals surface area (Å²) in [4.78, 5) is 86.0. The van der Waals surface area contributed by atoms with Crippen LogP contribution in [0.15, 0.2) is 24.3 Å². The van der Waals surface area contributed by atoms with Gasteiger partial charge in [0.2, 0.25) is 11.8 Å². The lowest BCUT2D eigenvalue weighted by Gasteiger charge is -2.41. The Morgan fingerprint density at radius 2 is 1.65 bits per heavy atom. The van der Waals surface area contributed by atoms with Crippen molar-refractivity contribution in [3.05, 3.63) is 35.5 Å². The number of aromatic nitrogens is 1. The first-order chi connectivity index (χ1) is 23.4. The molecule has 1 aromatic heterocycles. The molecule has 3 N–H and O–H groups in total. The number of likely N-dealkylation sites (tertiary alicyclic amines) is 1. The summed E-state index contributed by atoms with van der Waals surface area (Å²) >= 11 is 0. The average Bonchev–Trinajstić information content (AvgIpc) is 3.56. The van der Waals surface area contributed by atoms with Crippen LogP contribution in [0.1, 0.15) is 68.4 Å². The third-order valence-electron chi connectivity index (χ3n) is 9.22. The maximum Gasteiger partial charge on any atom is 0.409 e. The van der Waals surface area contributed by atoms with Crippen molar-refractivity contribution in [2.45, 2.75) is 83.5 Å². The Hall–Kier alpha value is -4.95. The predicted octanol–water partition coefficient (Wildman–Crippen LogP) is 1.84. The van der Waals surface area contributed by atoms with Gasteiger partial charge in [-0.2, -0.15) is 0 Å². The van der Waals surface area contributed by atoms with Crippen LogP contribution in [-0.4, -0.2) is 124 Å². The smallest absolute Gasteiger partial charge is 0.409 e. The molecule has 3 atom stereocenters. The fraction of sp³-hybridized carbons (Fsp3) is 0.559. The number of carboxylic acid groups (broad SMARTS) is 1. The van der Waals surface area contributed by atoms with Gasteiger partial charge in [-0.1, -0.05) is 18.9 Å². The van der Waals surface area contributed by atoms with Crippen LogP contribution in [-0.2, 0) is 23.9 Å². The molecule has 264 valence electrons. The van der Waals surface area contributed by atoms with Crippen molar-refractivity contribution in [1.29, 1.82) is 0 Å². The van der Waals surface area contributed by atoms with E-state index in [0.29, 0.717) is 23.9 Å². The minimum absolute atomic E-state index is 0.138. The van der Waals surface area contributed by atoms with E-state index in [1.165, 1.54) is 20.8 Å². The van der Waals surface area contributed by atoms with Crippen molar-refractivity contribution in [3.63, 3.8) is 0 Å². The molecule has 5 amide bonds. The van der Waals surface area contributed by atoms with Crippen LogP contribution in [0.3, 0.4) is 0 Å². The van der Waals surface area contributed by atoms with Gasteiger partial charge in [-0.15, -0.1) is 0 Å². The number of aliphatic carboxylic acids is 1. The van der Waals surface area contributed by atoms with Crippen LogP contribution in [0.5, 0.6) is 5.75 Å². The lowest BCUT2D eigenvalue weighted by Crippen LogP contribution is -2.61. The van der Waals surface area contributed by atoms with Gasteiger partial charge in [0.25, 0.3) is 11.8 Å². The lowest BCUT2D eigenvalue weighted by molar-refractivity contribution is -0.152. The molecule has 0 spiro atoms. The molecule has 1 aliphatic carbocycles. The second-order valence-electron chi connectivity index (χ2n) is 12.7. The second-order valence-corrected chi connectivity index (χ2v) is 12.7. The van der Waals surface area contributed by atoms with Crippen LogP contribution in [0, 0.1) is 6.92 Å². The van der Waals surface area contributed by atoms with Crippen molar-refractivity contribution in [2.75, 3.05) is 39.3 Å². The number of nitrogens with one attached hydrogen (secondary N) is 2. The summed E-state index contributed by atoms with van der Waals surface area (Å²) in [6.07, 6.45) is 2.44. The average molecular weight is 681 g/mol. The minimum atomic E-state index is -1.40. The molecule has 3 aliphatic rings. The van der Waals surface area contributed by atoms with Gasteiger partial charge in [0.1, 0.15) is 23.5 Å². The normalized spacial score (nSPS) is 19.1. The maximum absolute atomic E-state index is 13.6. The van der Waals surface area contributed by atoms with Crippen LogP contribution in [0.4, 0.5) is 4.79 Å². The molecule has 3 fully saturated rings. The van der Waals surface area contributed by atoms with E-state index < -0.39 is 48.5 Å². The highest BCUT2D eigenvalue weighted by molar-refractivity contribution is 6.00. The molecule has 5 rings (SSSR count). The van der Waals surface area contributed by atoms with Gasteiger partial charge in [0.05, 0.1) is 18.5 Å². The number of aryl methyl sites for hydroxylation is 1. The molecule has 15 heteroatoms. The number of carbonyl (C=O) groups is 6. The molecule has 3 heterocycles. The number of rotatable bonds is 11. The summed E-state index contributed by atoms with van der Waals surface area (Å²) in [5, 5.41) is 15.7. The number of amides is 5. The van der Waals surface area contributed by atoms with Gasteiger partial charge in [0.15, 0.2) is 6.10 Å². The Labute approximate surface area is 284 Å². The van der Waals surface area contributed by atoms with Gasteiger partial charge in [0, 0.05) is 50.2 Å². The third kappa shape index (κ3) is 8.38. The summed E-state index contributed by atoms with van der Waals surface area (Å²) in [6.45, 7) is 6.45. The van der Waals surface area contributed by atoms with Crippen molar-refractivity contribution in [1.82, 2.24) is 30.3 Å². The molecule has 15 nitrogen and oxygen atoms in total. The van der Waals surface area contributed by atoms with E-state index in [9.17, 15) is 33.9 Å². The second kappa shape index (κ2) is 15.5. The summed E-state index contributed by atoms with van der Waals surface area (Å²) in [5.41, 5.74) is 1.11. The molecule has 2 saturated heterocycles. The first kappa shape index (κ1) is 35.4. The molecule has 49 heavy (non-hydrogen) atoms. The summed E-state index contributed by atoms with van der Waals surface area (Å²) in [5.74, 6) is -3.02. The molecule has 1 aromatic carbocycles. The summed E-state index contributed by atoms with van der Waals surface area (Å²) < 4.78 is 11.2. The van der Waals surface area contributed by atoms with Crippen LogP contribution >= 0.6 is 0 Å². The Morgan fingerprint density at radius 3 is 2.29 bits per heavy atom. The number of ether oxygens (including phenoxy) is 2. The van der Waals surface area contributed by atoms with E-state index in [1.807, 2.05) is 13.0 Å². The van der Waals surface area contributed by atoms with E-state index in [1.54, 1.807) is 26.0 Å². The number of pyridine rings is 1. The van der Waals surface area contributed by atoms with Crippen molar-refractivity contribution in [2.24, 2.45) is 0 Å². The molecular weight excluding hydrogens is 636 g/mol. The molecule has 2 unspecified atom stereocenters. The Kier molecular flexibility index (Phi) is 11.2. The van der Waals surface area contributed by atoms with E-state index in [0.717, 1.165) is 31.2 Å². The van der Waals surface area contributed by atoms with E-state index in [2.05, 4.69) is 15.6 Å². The topological polar surface area (TPSA) is 188 Å². The highest BCUT2D eigenvalue weighted by atomic mass is 16.6. The SMILES string of the molecule is CCOC(=O)N1CCN(C(=O)C(CC(=O)O)NC(=O)c2cc(O[C@@H](C)C(=O)N3CCC3C(=O)NC3CCCC3)c3ccc(C)cc3n2)CC1.